The van der Waals surface area contributed by atoms with Crippen molar-refractivity contribution >= 4 is 27.3 Å². The van der Waals surface area contributed by atoms with Crippen LogP contribution in [-0.4, -0.2) is 15.0 Å². The van der Waals surface area contributed by atoms with Gasteiger partial charge in [-0.3, -0.25) is 0 Å². The molecule has 3 rings (SSSR count). The second-order valence-corrected chi connectivity index (χ2v) is 8.49. The van der Waals surface area contributed by atoms with E-state index in [4.69, 9.17) is 11.6 Å². The highest BCUT2D eigenvalue weighted by atomic mass is 35.5. The number of anilines is 1. The quantitative estimate of drug-likeness (QED) is 0.600. The van der Waals surface area contributed by atoms with E-state index in [9.17, 15) is 8.42 Å². The average Bonchev–Trinajstić information content (AvgIpc) is 2.66. The first kappa shape index (κ1) is 19.4. The molecular formula is C21H21ClN2O2S. The highest BCUT2D eigenvalue weighted by Crippen LogP contribution is 2.21. The molecule has 140 valence electrons. The predicted octanol–water partition coefficient (Wildman–Crippen LogP) is 4.78. The van der Waals surface area contributed by atoms with Crippen LogP contribution >= 0.6 is 11.6 Å². The summed E-state index contributed by atoms with van der Waals surface area (Å²) in [6, 6.07) is 23.7. The molecule has 0 aromatic heterocycles. The van der Waals surface area contributed by atoms with Gasteiger partial charge in [0, 0.05) is 17.3 Å². The molecule has 6 heteroatoms. The minimum atomic E-state index is -3.63. The molecule has 0 saturated heterocycles. The van der Waals surface area contributed by atoms with Crippen molar-refractivity contribution in [2.45, 2.75) is 17.9 Å². The van der Waals surface area contributed by atoms with Crippen molar-refractivity contribution in [2.24, 2.45) is 0 Å². The summed E-state index contributed by atoms with van der Waals surface area (Å²) in [5.74, 6) is 0. The Morgan fingerprint density at radius 3 is 2.30 bits per heavy atom. The van der Waals surface area contributed by atoms with Gasteiger partial charge in [0.15, 0.2) is 0 Å². The normalized spacial score (nSPS) is 12.5. The van der Waals surface area contributed by atoms with Gasteiger partial charge in [-0.15, -0.1) is 0 Å². The third-order valence-electron chi connectivity index (χ3n) is 4.16. The van der Waals surface area contributed by atoms with Gasteiger partial charge in [-0.2, -0.15) is 0 Å². The van der Waals surface area contributed by atoms with Crippen LogP contribution in [0.2, 0.25) is 5.02 Å². The summed E-state index contributed by atoms with van der Waals surface area (Å²) in [4.78, 5) is 0.189. The highest BCUT2D eigenvalue weighted by molar-refractivity contribution is 7.89. The van der Waals surface area contributed by atoms with Gasteiger partial charge in [0.25, 0.3) is 0 Å². The van der Waals surface area contributed by atoms with Gasteiger partial charge in [-0.05, 0) is 54.4 Å². The molecule has 27 heavy (non-hydrogen) atoms. The van der Waals surface area contributed by atoms with Gasteiger partial charge in [0.1, 0.15) is 0 Å². The number of aryl methyl sites for hydroxylation is 1. The predicted molar refractivity (Wildman–Crippen MR) is 111 cm³/mol. The van der Waals surface area contributed by atoms with Crippen LogP contribution in [0.4, 0.5) is 5.69 Å². The van der Waals surface area contributed by atoms with E-state index in [1.54, 1.807) is 12.1 Å². The van der Waals surface area contributed by atoms with Crippen LogP contribution in [0, 0.1) is 6.92 Å². The lowest BCUT2D eigenvalue weighted by Gasteiger charge is -2.21. The third-order valence-corrected chi connectivity index (χ3v) is 5.85. The Morgan fingerprint density at radius 2 is 1.63 bits per heavy atom. The summed E-state index contributed by atoms with van der Waals surface area (Å²) in [5, 5.41) is 3.92. The van der Waals surface area contributed by atoms with E-state index in [1.165, 1.54) is 12.1 Å². The van der Waals surface area contributed by atoms with Gasteiger partial charge in [-0.1, -0.05) is 54.1 Å². The maximum atomic E-state index is 12.6. The maximum Gasteiger partial charge on any atom is 0.240 e. The number of hydrogen-bond donors (Lipinski definition) is 2. The van der Waals surface area contributed by atoms with Crippen molar-refractivity contribution in [3.8, 4) is 0 Å². The molecule has 3 aromatic rings. The standard InChI is InChI=1S/C21H21ClN2O2S/c1-16-6-5-9-19(14-16)24-21(17-7-3-2-4-8-17)15-23-27(25,26)20-12-10-18(22)11-13-20/h2-14,21,23-24H,15H2,1H3/t21-/m1/s1. The minimum absolute atomic E-state index is 0.189. The molecule has 0 radical (unpaired) electrons. The Balaban J connectivity index is 1.80. The zero-order valence-corrected chi connectivity index (χ0v) is 16.5. The number of sulfonamides is 1. The second kappa shape index (κ2) is 8.57. The summed E-state index contributed by atoms with van der Waals surface area (Å²) in [6.45, 7) is 2.23. The zero-order chi connectivity index (χ0) is 19.3. The largest absolute Gasteiger partial charge is 0.377 e. The van der Waals surface area contributed by atoms with Crippen molar-refractivity contribution in [1.82, 2.24) is 4.72 Å². The lowest BCUT2D eigenvalue weighted by molar-refractivity contribution is 0.576. The maximum absolute atomic E-state index is 12.6. The van der Waals surface area contributed by atoms with Crippen LogP contribution < -0.4 is 10.0 Å². The van der Waals surface area contributed by atoms with E-state index in [2.05, 4.69) is 10.0 Å². The van der Waals surface area contributed by atoms with Crippen LogP contribution in [0.1, 0.15) is 17.2 Å². The summed E-state index contributed by atoms with van der Waals surface area (Å²) in [7, 11) is -3.63. The molecule has 3 aromatic carbocycles. The zero-order valence-electron chi connectivity index (χ0n) is 14.9. The molecule has 2 N–H and O–H groups in total. The van der Waals surface area contributed by atoms with Crippen LogP contribution in [0.15, 0.2) is 83.8 Å². The first-order valence-electron chi connectivity index (χ1n) is 8.57. The van der Waals surface area contributed by atoms with Gasteiger partial charge in [0.2, 0.25) is 10.0 Å². The fourth-order valence-corrected chi connectivity index (χ4v) is 3.94. The summed E-state index contributed by atoms with van der Waals surface area (Å²) in [6.07, 6.45) is 0. The topological polar surface area (TPSA) is 58.2 Å². The van der Waals surface area contributed by atoms with E-state index < -0.39 is 10.0 Å². The molecule has 0 bridgehead atoms. The Morgan fingerprint density at radius 1 is 0.926 bits per heavy atom. The molecule has 0 aliphatic carbocycles. The molecule has 0 amide bonds. The molecule has 0 unspecified atom stereocenters. The van der Waals surface area contributed by atoms with Crippen LogP contribution in [0.3, 0.4) is 0 Å². The van der Waals surface area contributed by atoms with Crippen LogP contribution in [0.5, 0.6) is 0 Å². The van der Waals surface area contributed by atoms with E-state index >= 15 is 0 Å². The van der Waals surface area contributed by atoms with E-state index in [1.807, 2.05) is 61.5 Å². The molecule has 0 aliphatic heterocycles. The molecule has 0 heterocycles. The van der Waals surface area contributed by atoms with Crippen molar-refractivity contribution in [1.29, 1.82) is 0 Å². The average molecular weight is 401 g/mol. The molecule has 0 fully saturated rings. The first-order chi connectivity index (χ1) is 12.9. The summed E-state index contributed by atoms with van der Waals surface area (Å²) >= 11 is 5.85. The third kappa shape index (κ3) is 5.32. The lowest BCUT2D eigenvalue weighted by Crippen LogP contribution is -2.31. The van der Waals surface area contributed by atoms with Crippen molar-refractivity contribution in [3.05, 3.63) is 95.0 Å². The Labute approximate surface area is 165 Å². The van der Waals surface area contributed by atoms with Gasteiger partial charge in [0.05, 0.1) is 10.9 Å². The lowest BCUT2D eigenvalue weighted by atomic mass is 10.1. The SMILES string of the molecule is Cc1cccc(N[C@H](CNS(=O)(=O)c2ccc(Cl)cc2)c2ccccc2)c1. The van der Waals surface area contributed by atoms with Crippen molar-refractivity contribution in [3.63, 3.8) is 0 Å². The molecule has 0 saturated carbocycles. The minimum Gasteiger partial charge on any atom is -0.377 e. The first-order valence-corrected chi connectivity index (χ1v) is 10.4. The van der Waals surface area contributed by atoms with E-state index in [0.29, 0.717) is 5.02 Å². The fraction of sp³-hybridized carbons (Fsp3) is 0.143. The Kier molecular flexibility index (Phi) is 6.16. The number of nitrogens with one attached hydrogen (secondary N) is 2. The van der Waals surface area contributed by atoms with Gasteiger partial charge >= 0.3 is 0 Å². The fourth-order valence-electron chi connectivity index (χ4n) is 2.76. The molecule has 1 atom stereocenters. The molecular weight excluding hydrogens is 380 g/mol. The number of hydrogen-bond acceptors (Lipinski definition) is 3. The number of halogens is 1. The van der Waals surface area contributed by atoms with Crippen LogP contribution in [0.25, 0.3) is 0 Å². The Bertz CT molecular complexity index is 990. The highest BCUT2D eigenvalue weighted by Gasteiger charge is 2.18. The Hall–Kier alpha value is -2.34. The van der Waals surface area contributed by atoms with E-state index in [0.717, 1.165) is 16.8 Å². The number of benzene rings is 3. The van der Waals surface area contributed by atoms with Gasteiger partial charge in [-0.25, -0.2) is 13.1 Å². The summed E-state index contributed by atoms with van der Waals surface area (Å²) < 4.78 is 27.9. The van der Waals surface area contributed by atoms with Crippen LogP contribution in [-0.2, 0) is 10.0 Å². The summed E-state index contributed by atoms with van der Waals surface area (Å²) in [5.41, 5.74) is 3.07. The van der Waals surface area contributed by atoms with Gasteiger partial charge < -0.3 is 5.32 Å². The van der Waals surface area contributed by atoms with Crippen molar-refractivity contribution in [2.75, 3.05) is 11.9 Å². The van der Waals surface area contributed by atoms with E-state index in [-0.39, 0.29) is 17.5 Å². The molecule has 0 spiro atoms. The van der Waals surface area contributed by atoms with Crippen molar-refractivity contribution < 1.29 is 8.42 Å². The molecule has 4 nitrogen and oxygen atoms in total. The monoisotopic (exact) mass is 400 g/mol. The number of rotatable bonds is 7. The smallest absolute Gasteiger partial charge is 0.240 e. The molecule has 0 aliphatic rings. The second-order valence-electron chi connectivity index (χ2n) is 6.28.